The van der Waals surface area contributed by atoms with Crippen molar-refractivity contribution in [2.45, 2.75) is 27.7 Å². The molecule has 0 radical (unpaired) electrons. The molecule has 0 fully saturated rings. The summed E-state index contributed by atoms with van der Waals surface area (Å²) in [4.78, 5) is 12.4. The Balaban J connectivity index is 2.19. The van der Waals surface area contributed by atoms with Gasteiger partial charge in [0.2, 0.25) is 5.28 Å². The topological polar surface area (TPSA) is 29.0 Å². The highest BCUT2D eigenvalue weighted by atomic mass is 35.5. The second-order valence-corrected chi connectivity index (χ2v) is 8.40. The first-order valence-corrected chi connectivity index (χ1v) is 9.96. The second kappa shape index (κ2) is 7.71. The van der Waals surface area contributed by atoms with Gasteiger partial charge in [-0.15, -0.1) is 11.3 Å². The van der Waals surface area contributed by atoms with Crippen molar-refractivity contribution in [3.8, 4) is 11.1 Å². The number of aromatic nitrogens is 2. The van der Waals surface area contributed by atoms with E-state index in [0.29, 0.717) is 17.1 Å². The molecular formula is C20H24ClN3S. The molecule has 0 N–H and O–H groups in total. The third kappa shape index (κ3) is 4.13. The molecule has 2 heterocycles. The van der Waals surface area contributed by atoms with E-state index in [1.807, 2.05) is 6.07 Å². The third-order valence-corrected chi connectivity index (χ3v) is 4.98. The number of nitrogens with zero attached hydrogens (tertiary/aromatic N) is 3. The highest BCUT2D eigenvalue weighted by molar-refractivity contribution is 7.17. The Morgan fingerprint density at radius 1 is 1.00 bits per heavy atom. The summed E-state index contributed by atoms with van der Waals surface area (Å²) >= 11 is 7.88. The summed E-state index contributed by atoms with van der Waals surface area (Å²) in [6.07, 6.45) is 0. The molecule has 0 aliphatic heterocycles. The van der Waals surface area contributed by atoms with Gasteiger partial charge in [0.25, 0.3) is 0 Å². The molecule has 0 saturated carbocycles. The summed E-state index contributed by atoms with van der Waals surface area (Å²) in [7, 11) is 0. The van der Waals surface area contributed by atoms with Crippen LogP contribution in [0.25, 0.3) is 21.3 Å². The van der Waals surface area contributed by atoms with Gasteiger partial charge in [0.15, 0.2) is 0 Å². The fourth-order valence-corrected chi connectivity index (χ4v) is 4.24. The Labute approximate surface area is 158 Å². The average Bonchev–Trinajstić information content (AvgIpc) is 2.97. The van der Waals surface area contributed by atoms with Crippen LogP contribution < -0.4 is 4.90 Å². The molecule has 0 aliphatic carbocycles. The zero-order valence-electron chi connectivity index (χ0n) is 15.2. The Kier molecular flexibility index (Phi) is 5.60. The minimum Gasteiger partial charge on any atom is -0.355 e. The summed E-state index contributed by atoms with van der Waals surface area (Å²) in [5.41, 5.74) is 2.37. The van der Waals surface area contributed by atoms with Crippen molar-refractivity contribution < 1.29 is 0 Å². The summed E-state index contributed by atoms with van der Waals surface area (Å²) in [6, 6.07) is 10.4. The van der Waals surface area contributed by atoms with Crippen LogP contribution in [0.2, 0.25) is 5.28 Å². The van der Waals surface area contributed by atoms with Crippen molar-refractivity contribution >= 4 is 39.0 Å². The Morgan fingerprint density at radius 3 is 2.24 bits per heavy atom. The third-order valence-electron chi connectivity index (χ3n) is 3.94. The zero-order valence-corrected chi connectivity index (χ0v) is 16.7. The van der Waals surface area contributed by atoms with Gasteiger partial charge >= 0.3 is 0 Å². The van der Waals surface area contributed by atoms with Gasteiger partial charge < -0.3 is 4.90 Å². The lowest BCUT2D eigenvalue weighted by Gasteiger charge is -2.28. The van der Waals surface area contributed by atoms with Crippen molar-refractivity contribution in [1.82, 2.24) is 9.97 Å². The molecule has 3 nitrogen and oxygen atoms in total. The summed E-state index contributed by atoms with van der Waals surface area (Å²) in [5, 5.41) is 3.60. The van der Waals surface area contributed by atoms with Crippen molar-refractivity contribution in [2.75, 3.05) is 18.0 Å². The van der Waals surface area contributed by atoms with Gasteiger partial charge in [0.05, 0.1) is 5.39 Å². The van der Waals surface area contributed by atoms with Gasteiger partial charge in [-0.25, -0.2) is 4.98 Å². The summed E-state index contributed by atoms with van der Waals surface area (Å²) in [6.45, 7) is 10.8. The Morgan fingerprint density at radius 2 is 1.64 bits per heavy atom. The average molecular weight is 374 g/mol. The van der Waals surface area contributed by atoms with Gasteiger partial charge in [0, 0.05) is 24.0 Å². The van der Waals surface area contributed by atoms with Gasteiger partial charge in [-0.05, 0) is 29.0 Å². The Bertz CT molecular complexity index is 833. The molecule has 5 heteroatoms. The van der Waals surface area contributed by atoms with E-state index >= 15 is 0 Å². The molecule has 0 unspecified atom stereocenters. The van der Waals surface area contributed by atoms with Gasteiger partial charge in [0.1, 0.15) is 10.6 Å². The number of anilines is 1. The smallest absolute Gasteiger partial charge is 0.225 e. The molecule has 0 amide bonds. The lowest BCUT2D eigenvalue weighted by atomic mass is 10.1. The summed E-state index contributed by atoms with van der Waals surface area (Å²) in [5.74, 6) is 2.04. The zero-order chi connectivity index (χ0) is 18.0. The van der Waals surface area contributed by atoms with Gasteiger partial charge in [-0.3, -0.25) is 0 Å². The SMILES string of the molecule is CC(C)CN(CC(C)C)c1nc(Cl)nc2scc(-c3ccccc3)c12. The van der Waals surface area contributed by atoms with Crippen LogP contribution in [0.5, 0.6) is 0 Å². The first kappa shape index (κ1) is 18.2. The van der Waals surface area contributed by atoms with E-state index in [2.05, 4.69) is 72.2 Å². The maximum absolute atomic E-state index is 6.25. The maximum atomic E-state index is 6.25. The maximum Gasteiger partial charge on any atom is 0.225 e. The molecule has 25 heavy (non-hydrogen) atoms. The lowest BCUT2D eigenvalue weighted by Crippen LogP contribution is -2.32. The van der Waals surface area contributed by atoms with Crippen molar-refractivity contribution in [3.05, 3.63) is 41.0 Å². The number of hydrogen-bond acceptors (Lipinski definition) is 4. The monoisotopic (exact) mass is 373 g/mol. The second-order valence-electron chi connectivity index (χ2n) is 7.20. The number of fused-ring (bicyclic) bond motifs is 1. The first-order chi connectivity index (χ1) is 12.0. The van der Waals surface area contributed by atoms with Crippen LogP contribution in [0, 0.1) is 11.8 Å². The quantitative estimate of drug-likeness (QED) is 0.486. The molecule has 0 bridgehead atoms. The number of halogens is 1. The van der Waals surface area contributed by atoms with Crippen LogP contribution in [-0.2, 0) is 0 Å². The van der Waals surface area contributed by atoms with Gasteiger partial charge in [-0.1, -0.05) is 58.0 Å². The molecule has 2 aromatic heterocycles. The van der Waals surface area contributed by atoms with Crippen LogP contribution in [0.4, 0.5) is 5.82 Å². The predicted octanol–water partition coefficient (Wildman–Crippen LogP) is 6.13. The van der Waals surface area contributed by atoms with E-state index in [4.69, 9.17) is 11.6 Å². The standard InChI is InChI=1S/C20H24ClN3S/c1-13(2)10-24(11-14(3)4)18-17-16(15-8-6-5-7-9-15)12-25-19(17)23-20(21)22-18/h5-9,12-14H,10-11H2,1-4H3. The van der Waals surface area contributed by atoms with Crippen molar-refractivity contribution in [1.29, 1.82) is 0 Å². The molecule has 0 saturated heterocycles. The minimum atomic E-state index is 0.321. The van der Waals surface area contributed by atoms with Crippen LogP contribution in [-0.4, -0.2) is 23.1 Å². The molecule has 3 rings (SSSR count). The van der Waals surface area contributed by atoms with E-state index in [1.165, 1.54) is 11.1 Å². The van der Waals surface area contributed by atoms with E-state index in [1.54, 1.807) is 11.3 Å². The number of rotatable bonds is 6. The fraction of sp³-hybridized carbons (Fsp3) is 0.400. The highest BCUT2D eigenvalue weighted by Crippen LogP contribution is 2.39. The number of benzene rings is 1. The summed E-state index contributed by atoms with van der Waals surface area (Å²) < 4.78 is 0. The molecule has 0 atom stereocenters. The minimum absolute atomic E-state index is 0.321. The van der Waals surface area contributed by atoms with E-state index in [-0.39, 0.29) is 0 Å². The molecule has 132 valence electrons. The largest absolute Gasteiger partial charge is 0.355 e. The fourth-order valence-electron chi connectivity index (χ4n) is 3.09. The molecular weight excluding hydrogens is 350 g/mol. The van der Waals surface area contributed by atoms with E-state index in [9.17, 15) is 0 Å². The molecule has 0 aliphatic rings. The van der Waals surface area contributed by atoms with E-state index < -0.39 is 0 Å². The molecule has 0 spiro atoms. The van der Waals surface area contributed by atoms with Crippen LogP contribution in [0.15, 0.2) is 35.7 Å². The number of thiophene rings is 1. The van der Waals surface area contributed by atoms with E-state index in [0.717, 1.165) is 29.1 Å². The van der Waals surface area contributed by atoms with Crippen LogP contribution in [0.3, 0.4) is 0 Å². The van der Waals surface area contributed by atoms with Crippen molar-refractivity contribution in [2.24, 2.45) is 11.8 Å². The van der Waals surface area contributed by atoms with Crippen molar-refractivity contribution in [3.63, 3.8) is 0 Å². The lowest BCUT2D eigenvalue weighted by molar-refractivity contribution is 0.550. The highest BCUT2D eigenvalue weighted by Gasteiger charge is 2.20. The first-order valence-electron chi connectivity index (χ1n) is 8.70. The normalized spacial score (nSPS) is 11.6. The number of hydrogen-bond donors (Lipinski definition) is 0. The van der Waals surface area contributed by atoms with Crippen LogP contribution in [0.1, 0.15) is 27.7 Å². The van der Waals surface area contributed by atoms with Gasteiger partial charge in [-0.2, -0.15) is 4.98 Å². The molecule has 3 aromatic rings. The van der Waals surface area contributed by atoms with Crippen LogP contribution >= 0.6 is 22.9 Å². The molecule has 1 aromatic carbocycles. The predicted molar refractivity (Wildman–Crippen MR) is 110 cm³/mol. The Hall–Kier alpha value is -1.65.